The van der Waals surface area contributed by atoms with Gasteiger partial charge in [-0.05, 0) is 45.9 Å². The third-order valence-corrected chi connectivity index (χ3v) is 3.87. The van der Waals surface area contributed by atoms with Crippen molar-refractivity contribution in [1.82, 2.24) is 15.1 Å². The first-order valence-electron chi connectivity index (χ1n) is 7.94. The van der Waals surface area contributed by atoms with Crippen molar-refractivity contribution in [2.24, 2.45) is 0 Å². The number of hydrogen-bond donors (Lipinski definition) is 1. The van der Waals surface area contributed by atoms with Crippen LogP contribution < -0.4 is 5.32 Å². The number of unbranched alkanes of at least 4 members (excludes halogenated alkanes) is 3. The zero-order valence-corrected chi connectivity index (χ0v) is 12.6. The van der Waals surface area contributed by atoms with Gasteiger partial charge in [0.05, 0.1) is 0 Å². The Morgan fingerprint density at radius 2 is 1.78 bits per heavy atom. The van der Waals surface area contributed by atoms with E-state index in [-0.39, 0.29) is 0 Å². The van der Waals surface area contributed by atoms with Gasteiger partial charge in [-0.3, -0.25) is 0 Å². The Labute approximate surface area is 114 Å². The molecule has 1 saturated heterocycles. The van der Waals surface area contributed by atoms with Crippen LogP contribution >= 0.6 is 0 Å². The highest BCUT2D eigenvalue weighted by Gasteiger charge is 2.11. The van der Waals surface area contributed by atoms with Crippen molar-refractivity contribution in [3.8, 4) is 0 Å². The van der Waals surface area contributed by atoms with Gasteiger partial charge in [-0.1, -0.05) is 26.2 Å². The molecule has 0 atom stereocenters. The highest BCUT2D eigenvalue weighted by atomic mass is 15.2. The van der Waals surface area contributed by atoms with Crippen LogP contribution in [0, 0.1) is 0 Å². The normalized spacial score (nSPS) is 16.8. The van der Waals surface area contributed by atoms with E-state index in [0.29, 0.717) is 0 Å². The Morgan fingerprint density at radius 1 is 1.00 bits per heavy atom. The summed E-state index contributed by atoms with van der Waals surface area (Å²) in [5.41, 5.74) is 0. The van der Waals surface area contributed by atoms with Crippen LogP contribution in [0.2, 0.25) is 0 Å². The van der Waals surface area contributed by atoms with E-state index in [4.69, 9.17) is 0 Å². The van der Waals surface area contributed by atoms with Gasteiger partial charge in [-0.15, -0.1) is 0 Å². The van der Waals surface area contributed by atoms with Gasteiger partial charge in [0.15, 0.2) is 0 Å². The quantitative estimate of drug-likeness (QED) is 0.571. The summed E-state index contributed by atoms with van der Waals surface area (Å²) in [6.45, 7) is 10.9. The average molecular weight is 255 g/mol. The van der Waals surface area contributed by atoms with Crippen LogP contribution in [0.25, 0.3) is 0 Å². The van der Waals surface area contributed by atoms with Crippen LogP contribution in [-0.4, -0.2) is 62.7 Å². The summed E-state index contributed by atoms with van der Waals surface area (Å²) in [6, 6.07) is 0. The van der Waals surface area contributed by atoms with Gasteiger partial charge in [0.25, 0.3) is 0 Å². The van der Waals surface area contributed by atoms with Crippen LogP contribution in [0.1, 0.15) is 45.4 Å². The molecule has 0 aromatic heterocycles. The minimum absolute atomic E-state index is 1.14. The lowest BCUT2D eigenvalue weighted by Gasteiger charge is -2.21. The standard InChI is InChI=1S/C15H33N3/c1-3-4-5-6-9-16-10-13-17(2)14-15-18-11-7-8-12-18/h16H,3-15H2,1-2H3. The molecule has 1 fully saturated rings. The Bertz CT molecular complexity index is 179. The molecule has 108 valence electrons. The van der Waals surface area contributed by atoms with Crippen molar-refractivity contribution in [3.05, 3.63) is 0 Å². The summed E-state index contributed by atoms with van der Waals surface area (Å²) in [6.07, 6.45) is 8.25. The molecule has 0 unspecified atom stereocenters. The summed E-state index contributed by atoms with van der Waals surface area (Å²) in [5, 5.41) is 3.55. The predicted octanol–water partition coefficient (Wildman–Crippen LogP) is 2.18. The van der Waals surface area contributed by atoms with E-state index in [0.717, 1.165) is 6.54 Å². The summed E-state index contributed by atoms with van der Waals surface area (Å²) < 4.78 is 0. The van der Waals surface area contributed by atoms with Crippen molar-refractivity contribution >= 4 is 0 Å². The lowest BCUT2D eigenvalue weighted by atomic mass is 10.2. The number of nitrogens with one attached hydrogen (secondary N) is 1. The van der Waals surface area contributed by atoms with Crippen molar-refractivity contribution in [1.29, 1.82) is 0 Å². The number of nitrogens with zero attached hydrogens (tertiary/aromatic N) is 2. The van der Waals surface area contributed by atoms with E-state index in [2.05, 4.69) is 29.1 Å². The van der Waals surface area contributed by atoms with Gasteiger partial charge in [-0.25, -0.2) is 0 Å². The summed E-state index contributed by atoms with van der Waals surface area (Å²) in [4.78, 5) is 5.05. The van der Waals surface area contributed by atoms with Crippen LogP contribution in [0.15, 0.2) is 0 Å². The summed E-state index contributed by atoms with van der Waals surface area (Å²) in [5.74, 6) is 0. The van der Waals surface area contributed by atoms with Crippen LogP contribution in [0.4, 0.5) is 0 Å². The van der Waals surface area contributed by atoms with E-state index in [1.165, 1.54) is 77.8 Å². The second-order valence-corrected chi connectivity index (χ2v) is 5.66. The number of likely N-dealkylation sites (tertiary alicyclic amines) is 1. The highest BCUT2D eigenvalue weighted by Crippen LogP contribution is 2.06. The number of rotatable bonds is 11. The minimum atomic E-state index is 1.14. The van der Waals surface area contributed by atoms with Gasteiger partial charge in [0.1, 0.15) is 0 Å². The Hall–Kier alpha value is -0.120. The fraction of sp³-hybridized carbons (Fsp3) is 1.00. The second kappa shape index (κ2) is 10.8. The molecule has 1 rings (SSSR count). The Kier molecular flexibility index (Phi) is 9.54. The van der Waals surface area contributed by atoms with Crippen molar-refractivity contribution < 1.29 is 0 Å². The molecular weight excluding hydrogens is 222 g/mol. The van der Waals surface area contributed by atoms with E-state index in [1.54, 1.807) is 0 Å². The minimum Gasteiger partial charge on any atom is -0.315 e. The van der Waals surface area contributed by atoms with Gasteiger partial charge >= 0.3 is 0 Å². The maximum Gasteiger partial charge on any atom is 0.0109 e. The molecule has 0 aromatic carbocycles. The third kappa shape index (κ3) is 8.06. The SMILES string of the molecule is CCCCCCNCCN(C)CCN1CCCC1. The molecule has 0 spiro atoms. The van der Waals surface area contributed by atoms with Crippen LogP contribution in [-0.2, 0) is 0 Å². The largest absolute Gasteiger partial charge is 0.315 e. The van der Waals surface area contributed by atoms with Crippen LogP contribution in [0.3, 0.4) is 0 Å². The average Bonchev–Trinajstić information content (AvgIpc) is 2.88. The summed E-state index contributed by atoms with van der Waals surface area (Å²) >= 11 is 0. The smallest absolute Gasteiger partial charge is 0.0109 e. The number of likely N-dealkylation sites (N-methyl/N-ethyl adjacent to an activating group) is 1. The lowest BCUT2D eigenvalue weighted by Crippen LogP contribution is -2.35. The molecule has 1 aliphatic rings. The van der Waals surface area contributed by atoms with Gasteiger partial charge in [-0.2, -0.15) is 0 Å². The highest BCUT2D eigenvalue weighted by molar-refractivity contribution is 4.67. The van der Waals surface area contributed by atoms with E-state index < -0.39 is 0 Å². The van der Waals surface area contributed by atoms with Gasteiger partial charge in [0, 0.05) is 26.2 Å². The van der Waals surface area contributed by atoms with E-state index in [9.17, 15) is 0 Å². The molecule has 18 heavy (non-hydrogen) atoms. The second-order valence-electron chi connectivity index (χ2n) is 5.66. The Morgan fingerprint density at radius 3 is 2.50 bits per heavy atom. The Balaban J connectivity index is 1.82. The molecule has 1 N–H and O–H groups in total. The zero-order valence-electron chi connectivity index (χ0n) is 12.6. The predicted molar refractivity (Wildman–Crippen MR) is 80.2 cm³/mol. The van der Waals surface area contributed by atoms with E-state index >= 15 is 0 Å². The fourth-order valence-corrected chi connectivity index (χ4v) is 2.50. The molecule has 0 amide bonds. The van der Waals surface area contributed by atoms with Crippen LogP contribution in [0.5, 0.6) is 0 Å². The molecule has 1 heterocycles. The first-order chi connectivity index (χ1) is 8.83. The molecule has 0 aromatic rings. The summed E-state index contributed by atoms with van der Waals surface area (Å²) in [7, 11) is 2.24. The molecular formula is C15H33N3. The van der Waals surface area contributed by atoms with E-state index in [1.807, 2.05) is 0 Å². The van der Waals surface area contributed by atoms with Gasteiger partial charge < -0.3 is 15.1 Å². The molecule has 3 heteroatoms. The third-order valence-electron chi connectivity index (χ3n) is 3.87. The van der Waals surface area contributed by atoms with Crippen molar-refractivity contribution in [2.75, 3.05) is 52.9 Å². The zero-order chi connectivity index (χ0) is 13.1. The molecule has 0 aliphatic carbocycles. The number of hydrogen-bond acceptors (Lipinski definition) is 3. The van der Waals surface area contributed by atoms with Crippen molar-refractivity contribution in [2.45, 2.75) is 45.4 Å². The van der Waals surface area contributed by atoms with Gasteiger partial charge in [0.2, 0.25) is 0 Å². The fourth-order valence-electron chi connectivity index (χ4n) is 2.50. The first kappa shape index (κ1) is 15.9. The maximum atomic E-state index is 3.55. The molecule has 3 nitrogen and oxygen atoms in total. The molecule has 0 radical (unpaired) electrons. The molecule has 0 bridgehead atoms. The topological polar surface area (TPSA) is 18.5 Å². The molecule has 1 aliphatic heterocycles. The molecule has 0 saturated carbocycles. The monoisotopic (exact) mass is 255 g/mol. The van der Waals surface area contributed by atoms with Crippen molar-refractivity contribution in [3.63, 3.8) is 0 Å². The first-order valence-corrected chi connectivity index (χ1v) is 7.94. The maximum absolute atomic E-state index is 3.55. The lowest BCUT2D eigenvalue weighted by molar-refractivity contribution is 0.257.